The number of fused-ring (bicyclic) bond motifs is 1. The van der Waals surface area contributed by atoms with Crippen molar-refractivity contribution in [2.75, 3.05) is 31.1 Å². The summed E-state index contributed by atoms with van der Waals surface area (Å²) >= 11 is 0. The normalized spacial score (nSPS) is 27.0. The van der Waals surface area contributed by atoms with Gasteiger partial charge in [0.2, 0.25) is 17.8 Å². The highest BCUT2D eigenvalue weighted by Gasteiger charge is 2.56. The zero-order chi connectivity index (χ0) is 26.6. The van der Waals surface area contributed by atoms with Gasteiger partial charge in [-0.3, -0.25) is 14.5 Å². The minimum Gasteiger partial charge on any atom is -0.338 e. The van der Waals surface area contributed by atoms with Crippen LogP contribution >= 0.6 is 0 Å². The van der Waals surface area contributed by atoms with Crippen molar-refractivity contribution in [2.45, 2.75) is 50.0 Å². The number of piperazine rings is 1. The van der Waals surface area contributed by atoms with Gasteiger partial charge in [-0.15, -0.1) is 0 Å². The second kappa shape index (κ2) is 11.7. The third-order valence-electron chi connectivity index (χ3n) is 8.88. The van der Waals surface area contributed by atoms with E-state index in [1.54, 1.807) is 17.3 Å². The molecule has 39 heavy (non-hydrogen) atoms. The van der Waals surface area contributed by atoms with Gasteiger partial charge in [0.15, 0.2) is 0 Å². The molecule has 0 bridgehead atoms. The Bertz CT molecular complexity index is 1190. The van der Waals surface area contributed by atoms with Gasteiger partial charge in [-0.25, -0.2) is 9.97 Å². The van der Waals surface area contributed by atoms with E-state index in [4.69, 9.17) is 0 Å². The Labute approximate surface area is 230 Å². The van der Waals surface area contributed by atoms with Crippen molar-refractivity contribution in [3.63, 3.8) is 0 Å². The van der Waals surface area contributed by atoms with Gasteiger partial charge >= 0.3 is 0 Å². The molecule has 1 aliphatic carbocycles. The highest BCUT2D eigenvalue weighted by molar-refractivity contribution is 6.06. The summed E-state index contributed by atoms with van der Waals surface area (Å²) in [5.41, 5.74) is 2.36. The molecule has 7 heteroatoms. The van der Waals surface area contributed by atoms with Crippen molar-refractivity contribution in [1.82, 2.24) is 20.2 Å². The molecule has 2 saturated heterocycles. The molecule has 0 radical (unpaired) electrons. The molecule has 7 nitrogen and oxygen atoms in total. The van der Waals surface area contributed by atoms with Crippen LogP contribution in [-0.2, 0) is 9.59 Å². The highest BCUT2D eigenvalue weighted by atomic mass is 16.2. The first-order valence-electron chi connectivity index (χ1n) is 14.4. The van der Waals surface area contributed by atoms with E-state index in [0.717, 1.165) is 57.7 Å². The largest absolute Gasteiger partial charge is 0.338 e. The Morgan fingerprint density at radius 1 is 0.769 bits per heavy atom. The summed E-state index contributed by atoms with van der Waals surface area (Å²) in [6.45, 7) is 3.17. The standard InChI is InChI=1S/C32H37N5O2/c38-30-28-26(23-10-3-1-4-11-23)15-16-27(24-12-5-2-6-13-24)29(28)31(39)37(30)20-8-7-14-25-22-36(21-19-33-25)32-34-17-9-18-35-32/h1-6,9-13,17-18,25-29,33H,7-8,14-16,19-22H2/t25?,26?,27?,28-,29+. The molecule has 2 aliphatic heterocycles. The molecular weight excluding hydrogens is 486 g/mol. The number of unbranched alkanes of at least 4 members (excludes halogenated alkanes) is 1. The Balaban J connectivity index is 1.12. The average molecular weight is 524 g/mol. The molecule has 3 unspecified atom stereocenters. The number of aromatic nitrogens is 2. The topological polar surface area (TPSA) is 78.4 Å². The number of carbonyl (C=O) groups is 2. The van der Waals surface area contributed by atoms with Crippen LogP contribution in [0.1, 0.15) is 55.1 Å². The molecule has 6 rings (SSSR count). The van der Waals surface area contributed by atoms with Gasteiger partial charge in [0, 0.05) is 44.6 Å². The van der Waals surface area contributed by atoms with Crippen molar-refractivity contribution in [3.8, 4) is 0 Å². The fourth-order valence-electron chi connectivity index (χ4n) is 7.02. The predicted molar refractivity (Wildman–Crippen MR) is 151 cm³/mol. The number of benzene rings is 2. The maximum atomic E-state index is 13.9. The third kappa shape index (κ3) is 5.33. The molecule has 3 aromatic rings. The fraction of sp³-hybridized carbons (Fsp3) is 0.438. The van der Waals surface area contributed by atoms with E-state index >= 15 is 0 Å². The molecule has 3 heterocycles. The van der Waals surface area contributed by atoms with E-state index in [9.17, 15) is 9.59 Å². The van der Waals surface area contributed by atoms with Crippen LogP contribution in [-0.4, -0.2) is 58.9 Å². The number of carbonyl (C=O) groups excluding carboxylic acids is 2. The second-order valence-electron chi connectivity index (χ2n) is 11.1. The van der Waals surface area contributed by atoms with Crippen molar-refractivity contribution >= 4 is 17.8 Å². The lowest BCUT2D eigenvalue weighted by atomic mass is 9.64. The highest BCUT2D eigenvalue weighted by Crippen LogP contribution is 2.52. The number of likely N-dealkylation sites (tertiary alicyclic amines) is 1. The van der Waals surface area contributed by atoms with Crippen LogP contribution in [0.4, 0.5) is 5.95 Å². The molecule has 2 aromatic carbocycles. The van der Waals surface area contributed by atoms with Gasteiger partial charge < -0.3 is 10.2 Å². The summed E-state index contributed by atoms with van der Waals surface area (Å²) in [6, 6.07) is 22.8. The second-order valence-corrected chi connectivity index (χ2v) is 11.1. The van der Waals surface area contributed by atoms with Gasteiger partial charge in [-0.2, -0.15) is 0 Å². The number of nitrogens with one attached hydrogen (secondary N) is 1. The molecule has 202 valence electrons. The Kier molecular flexibility index (Phi) is 7.68. The lowest BCUT2D eigenvalue weighted by Crippen LogP contribution is -2.51. The first-order chi connectivity index (χ1) is 19.2. The Hall–Kier alpha value is -3.58. The number of hydrogen-bond donors (Lipinski definition) is 1. The van der Waals surface area contributed by atoms with Gasteiger partial charge in [0.25, 0.3) is 0 Å². The zero-order valence-electron chi connectivity index (χ0n) is 22.4. The maximum Gasteiger partial charge on any atom is 0.233 e. The Morgan fingerprint density at radius 2 is 1.36 bits per heavy atom. The molecule has 1 aromatic heterocycles. The molecule has 1 N–H and O–H groups in total. The molecule has 2 amide bonds. The van der Waals surface area contributed by atoms with Gasteiger partial charge in [0.1, 0.15) is 0 Å². The number of amides is 2. The lowest BCUT2D eigenvalue weighted by molar-refractivity contribution is -0.140. The van der Waals surface area contributed by atoms with E-state index in [-0.39, 0.29) is 35.5 Å². The average Bonchev–Trinajstić information content (AvgIpc) is 3.26. The number of hydrogen-bond acceptors (Lipinski definition) is 6. The van der Waals surface area contributed by atoms with E-state index in [1.165, 1.54) is 11.1 Å². The third-order valence-corrected chi connectivity index (χ3v) is 8.88. The molecule has 5 atom stereocenters. The summed E-state index contributed by atoms with van der Waals surface area (Å²) < 4.78 is 0. The lowest BCUT2D eigenvalue weighted by Gasteiger charge is -2.37. The molecule has 1 saturated carbocycles. The Morgan fingerprint density at radius 3 is 1.95 bits per heavy atom. The monoisotopic (exact) mass is 523 g/mol. The number of nitrogens with zero attached hydrogens (tertiary/aromatic N) is 4. The van der Waals surface area contributed by atoms with Crippen LogP contribution < -0.4 is 10.2 Å². The van der Waals surface area contributed by atoms with Crippen LogP contribution in [0.5, 0.6) is 0 Å². The maximum absolute atomic E-state index is 13.9. The molecular formula is C32H37N5O2. The summed E-state index contributed by atoms with van der Waals surface area (Å²) in [4.78, 5) is 40.4. The predicted octanol–water partition coefficient (Wildman–Crippen LogP) is 4.39. The van der Waals surface area contributed by atoms with Crippen LogP contribution in [0.25, 0.3) is 0 Å². The van der Waals surface area contributed by atoms with Crippen molar-refractivity contribution in [3.05, 3.63) is 90.3 Å². The van der Waals surface area contributed by atoms with Crippen LogP contribution in [0, 0.1) is 11.8 Å². The summed E-state index contributed by atoms with van der Waals surface area (Å²) in [5.74, 6) is 0.466. The SMILES string of the molecule is O=C1[C@@H]2C(c3ccccc3)CCC(c3ccccc3)[C@@H]2C(=O)N1CCCCC1CN(c2ncccn2)CCN1. The van der Waals surface area contributed by atoms with Crippen molar-refractivity contribution < 1.29 is 9.59 Å². The first-order valence-corrected chi connectivity index (χ1v) is 14.4. The van der Waals surface area contributed by atoms with Crippen LogP contribution in [0.2, 0.25) is 0 Å². The summed E-state index contributed by atoms with van der Waals surface area (Å²) in [7, 11) is 0. The number of rotatable bonds is 8. The van der Waals surface area contributed by atoms with Gasteiger partial charge in [-0.1, -0.05) is 67.1 Å². The number of imide groups is 1. The molecule has 0 spiro atoms. The van der Waals surface area contributed by atoms with Gasteiger partial charge in [0.05, 0.1) is 11.8 Å². The fourth-order valence-corrected chi connectivity index (χ4v) is 7.02. The van der Waals surface area contributed by atoms with Crippen LogP contribution in [0.15, 0.2) is 79.1 Å². The van der Waals surface area contributed by atoms with Gasteiger partial charge in [-0.05, 0) is 54.7 Å². The molecule has 3 aliphatic rings. The van der Waals surface area contributed by atoms with Crippen molar-refractivity contribution in [1.29, 1.82) is 0 Å². The van der Waals surface area contributed by atoms with E-state index in [1.807, 2.05) is 42.5 Å². The van der Waals surface area contributed by atoms with E-state index in [0.29, 0.717) is 12.6 Å². The molecule has 3 fully saturated rings. The minimum atomic E-state index is -0.279. The van der Waals surface area contributed by atoms with E-state index < -0.39 is 0 Å². The van der Waals surface area contributed by atoms with E-state index in [2.05, 4.69) is 44.5 Å². The number of anilines is 1. The first kappa shape index (κ1) is 25.7. The van der Waals surface area contributed by atoms with Crippen LogP contribution in [0.3, 0.4) is 0 Å². The minimum absolute atomic E-state index is 0.0303. The smallest absolute Gasteiger partial charge is 0.233 e. The summed E-state index contributed by atoms with van der Waals surface area (Å²) in [5, 5.41) is 3.61. The quantitative estimate of drug-likeness (QED) is 0.349. The zero-order valence-corrected chi connectivity index (χ0v) is 22.4. The van der Waals surface area contributed by atoms with Crippen molar-refractivity contribution in [2.24, 2.45) is 11.8 Å². The summed E-state index contributed by atoms with van der Waals surface area (Å²) in [6.07, 6.45) is 8.18.